The van der Waals surface area contributed by atoms with Gasteiger partial charge in [0, 0.05) is 13.7 Å². The molecule has 7 heteroatoms. The normalized spacial score (nSPS) is 22.3. The lowest BCUT2D eigenvalue weighted by Gasteiger charge is -2.23. The molecule has 106 valence electrons. The van der Waals surface area contributed by atoms with Gasteiger partial charge in [0.25, 0.3) is 0 Å². The van der Waals surface area contributed by atoms with E-state index in [-0.39, 0.29) is 5.54 Å². The Bertz CT molecular complexity index is 421. The third-order valence-electron chi connectivity index (χ3n) is 2.91. The lowest BCUT2D eigenvalue weighted by Crippen LogP contribution is -2.36. The molecular formula is C12H21N5O2. The number of rotatable bonds is 6. The van der Waals surface area contributed by atoms with Crippen LogP contribution in [0.15, 0.2) is 0 Å². The summed E-state index contributed by atoms with van der Waals surface area (Å²) in [7, 11) is 1.77. The van der Waals surface area contributed by atoms with E-state index in [0.717, 1.165) is 19.4 Å². The van der Waals surface area contributed by atoms with Crippen molar-refractivity contribution in [3.05, 3.63) is 0 Å². The Morgan fingerprint density at radius 2 is 2.11 bits per heavy atom. The van der Waals surface area contributed by atoms with Crippen molar-refractivity contribution >= 4 is 11.9 Å². The molecule has 0 radical (unpaired) electrons. The largest absolute Gasteiger partial charge is 0.463 e. The van der Waals surface area contributed by atoms with Gasteiger partial charge in [-0.3, -0.25) is 0 Å². The predicted octanol–water partition coefficient (Wildman–Crippen LogP) is 1.29. The smallest absolute Gasteiger partial charge is 0.323 e. The number of hydrogen-bond donors (Lipinski definition) is 2. The molecule has 1 aromatic rings. The van der Waals surface area contributed by atoms with Gasteiger partial charge in [0.15, 0.2) is 0 Å². The summed E-state index contributed by atoms with van der Waals surface area (Å²) >= 11 is 0. The first-order valence-corrected chi connectivity index (χ1v) is 6.58. The van der Waals surface area contributed by atoms with Gasteiger partial charge in [-0.2, -0.15) is 15.0 Å². The number of aromatic nitrogens is 3. The third kappa shape index (κ3) is 3.66. The second-order valence-electron chi connectivity index (χ2n) is 4.85. The zero-order valence-corrected chi connectivity index (χ0v) is 11.7. The molecule has 1 aliphatic rings. The van der Waals surface area contributed by atoms with Crippen molar-refractivity contribution in [2.24, 2.45) is 0 Å². The van der Waals surface area contributed by atoms with E-state index in [1.54, 1.807) is 7.05 Å². The first kappa shape index (κ1) is 13.8. The van der Waals surface area contributed by atoms with Crippen LogP contribution in [0, 0.1) is 0 Å². The molecule has 0 amide bonds. The number of nitrogens with one attached hydrogen (secondary N) is 2. The molecule has 1 aromatic heterocycles. The molecule has 0 aromatic carbocycles. The SMILES string of the molecule is CCCOc1nc(NC)nc(NC2(C)CCOC2)n1. The first-order chi connectivity index (χ1) is 9.15. The summed E-state index contributed by atoms with van der Waals surface area (Å²) in [4.78, 5) is 12.7. The lowest BCUT2D eigenvalue weighted by molar-refractivity contribution is 0.185. The maximum absolute atomic E-state index is 5.46. The van der Waals surface area contributed by atoms with E-state index in [4.69, 9.17) is 9.47 Å². The molecule has 1 atom stereocenters. The molecule has 0 saturated carbocycles. The van der Waals surface area contributed by atoms with Crippen LogP contribution in [-0.2, 0) is 4.74 Å². The van der Waals surface area contributed by atoms with Crippen LogP contribution < -0.4 is 15.4 Å². The molecule has 1 unspecified atom stereocenters. The fraction of sp³-hybridized carbons (Fsp3) is 0.750. The van der Waals surface area contributed by atoms with Crippen LogP contribution in [0.25, 0.3) is 0 Å². The predicted molar refractivity (Wildman–Crippen MR) is 72.6 cm³/mol. The quantitative estimate of drug-likeness (QED) is 0.803. The molecule has 2 heterocycles. The molecule has 7 nitrogen and oxygen atoms in total. The highest BCUT2D eigenvalue weighted by atomic mass is 16.5. The Morgan fingerprint density at radius 3 is 2.74 bits per heavy atom. The average Bonchev–Trinajstić information content (AvgIpc) is 2.82. The number of ether oxygens (including phenoxy) is 2. The van der Waals surface area contributed by atoms with E-state index in [2.05, 4.69) is 32.5 Å². The van der Waals surface area contributed by atoms with Crippen molar-refractivity contribution < 1.29 is 9.47 Å². The van der Waals surface area contributed by atoms with Crippen LogP contribution in [-0.4, -0.2) is 47.4 Å². The van der Waals surface area contributed by atoms with E-state index in [0.29, 0.717) is 31.1 Å². The summed E-state index contributed by atoms with van der Waals surface area (Å²) < 4.78 is 10.9. The van der Waals surface area contributed by atoms with E-state index in [1.165, 1.54) is 0 Å². The Hall–Kier alpha value is -1.63. The van der Waals surface area contributed by atoms with E-state index in [1.807, 2.05) is 6.92 Å². The first-order valence-electron chi connectivity index (χ1n) is 6.58. The molecule has 1 fully saturated rings. The minimum absolute atomic E-state index is 0.131. The zero-order valence-electron chi connectivity index (χ0n) is 11.7. The van der Waals surface area contributed by atoms with Gasteiger partial charge in [0.1, 0.15) is 0 Å². The topological polar surface area (TPSA) is 81.2 Å². The second-order valence-corrected chi connectivity index (χ2v) is 4.85. The van der Waals surface area contributed by atoms with Crippen molar-refractivity contribution in [2.75, 3.05) is 37.5 Å². The van der Waals surface area contributed by atoms with Gasteiger partial charge >= 0.3 is 6.01 Å². The van der Waals surface area contributed by atoms with E-state index >= 15 is 0 Å². The van der Waals surface area contributed by atoms with Crippen LogP contribution >= 0.6 is 0 Å². The lowest BCUT2D eigenvalue weighted by atomic mass is 10.0. The fourth-order valence-electron chi connectivity index (χ4n) is 1.82. The Morgan fingerprint density at radius 1 is 1.32 bits per heavy atom. The zero-order chi connectivity index (χ0) is 13.7. The van der Waals surface area contributed by atoms with Crippen LogP contribution in [0.1, 0.15) is 26.7 Å². The molecular weight excluding hydrogens is 246 g/mol. The molecule has 2 rings (SSSR count). The highest BCUT2D eigenvalue weighted by Crippen LogP contribution is 2.23. The monoisotopic (exact) mass is 267 g/mol. The summed E-state index contributed by atoms with van der Waals surface area (Å²) in [6, 6.07) is 0.339. The minimum atomic E-state index is -0.131. The summed E-state index contributed by atoms with van der Waals surface area (Å²) in [6.45, 7) is 6.13. The van der Waals surface area contributed by atoms with Crippen molar-refractivity contribution in [3.63, 3.8) is 0 Å². The van der Waals surface area contributed by atoms with Crippen LogP contribution in [0.2, 0.25) is 0 Å². The third-order valence-corrected chi connectivity index (χ3v) is 2.91. The van der Waals surface area contributed by atoms with Gasteiger partial charge in [-0.25, -0.2) is 0 Å². The van der Waals surface area contributed by atoms with Crippen LogP contribution in [0.3, 0.4) is 0 Å². The molecule has 0 bridgehead atoms. The van der Waals surface area contributed by atoms with E-state index < -0.39 is 0 Å². The van der Waals surface area contributed by atoms with Crippen LogP contribution in [0.5, 0.6) is 6.01 Å². The Kier molecular flexibility index (Phi) is 4.36. The highest BCUT2D eigenvalue weighted by molar-refractivity contribution is 5.37. The molecule has 1 saturated heterocycles. The highest BCUT2D eigenvalue weighted by Gasteiger charge is 2.30. The Labute approximate surface area is 113 Å². The maximum atomic E-state index is 5.46. The summed E-state index contributed by atoms with van der Waals surface area (Å²) in [6.07, 6.45) is 1.84. The number of anilines is 2. The summed E-state index contributed by atoms with van der Waals surface area (Å²) in [5.41, 5.74) is -0.131. The van der Waals surface area contributed by atoms with Crippen LogP contribution in [0.4, 0.5) is 11.9 Å². The molecule has 0 spiro atoms. The molecule has 19 heavy (non-hydrogen) atoms. The number of hydrogen-bond acceptors (Lipinski definition) is 7. The van der Waals surface area contributed by atoms with Gasteiger partial charge < -0.3 is 20.1 Å². The summed E-state index contributed by atoms with van der Waals surface area (Å²) in [5.74, 6) is 1.00. The minimum Gasteiger partial charge on any atom is -0.463 e. The van der Waals surface area contributed by atoms with Gasteiger partial charge in [-0.15, -0.1) is 0 Å². The molecule has 1 aliphatic heterocycles. The Balaban J connectivity index is 2.14. The molecule has 2 N–H and O–H groups in total. The maximum Gasteiger partial charge on any atom is 0.323 e. The summed E-state index contributed by atoms with van der Waals surface area (Å²) in [5, 5.41) is 6.21. The standard InChI is InChI=1S/C12H21N5O2/c1-4-6-19-11-15-9(13-3)14-10(16-11)17-12(2)5-7-18-8-12/h4-8H2,1-3H3,(H2,13,14,15,16,17). The van der Waals surface area contributed by atoms with Gasteiger partial charge in [0.2, 0.25) is 11.9 Å². The number of nitrogens with zero attached hydrogens (tertiary/aromatic N) is 3. The molecule has 0 aliphatic carbocycles. The second kappa shape index (κ2) is 6.01. The van der Waals surface area contributed by atoms with Gasteiger partial charge in [0.05, 0.1) is 18.8 Å². The van der Waals surface area contributed by atoms with Crippen molar-refractivity contribution in [3.8, 4) is 6.01 Å². The van der Waals surface area contributed by atoms with E-state index in [9.17, 15) is 0 Å². The van der Waals surface area contributed by atoms with Crippen molar-refractivity contribution in [1.82, 2.24) is 15.0 Å². The van der Waals surface area contributed by atoms with Gasteiger partial charge in [-0.05, 0) is 19.8 Å². The van der Waals surface area contributed by atoms with Gasteiger partial charge in [-0.1, -0.05) is 6.92 Å². The van der Waals surface area contributed by atoms with Crippen molar-refractivity contribution in [1.29, 1.82) is 0 Å². The van der Waals surface area contributed by atoms with Crippen molar-refractivity contribution in [2.45, 2.75) is 32.2 Å². The average molecular weight is 267 g/mol. The fourth-order valence-corrected chi connectivity index (χ4v) is 1.82.